The second-order valence-electron chi connectivity index (χ2n) is 5.30. The monoisotopic (exact) mass is 333 g/mol. The highest BCUT2D eigenvalue weighted by molar-refractivity contribution is 6.05. The van der Waals surface area contributed by atoms with Gasteiger partial charge in [-0.3, -0.25) is 9.69 Å². The van der Waals surface area contributed by atoms with Crippen LogP contribution in [0.25, 0.3) is 10.9 Å². The lowest BCUT2D eigenvalue weighted by Crippen LogP contribution is -2.35. The van der Waals surface area contributed by atoms with Crippen molar-refractivity contribution < 1.29 is 14.3 Å². The largest absolute Gasteiger partial charge is 0.452 e. The highest BCUT2D eigenvalue weighted by atomic mass is 16.5. The van der Waals surface area contributed by atoms with Crippen LogP contribution in [0.3, 0.4) is 0 Å². The third-order valence-corrected chi connectivity index (χ3v) is 3.73. The number of H-pyrrole nitrogens is 1. The van der Waals surface area contributed by atoms with E-state index in [2.05, 4.69) is 4.98 Å². The molecule has 0 bridgehead atoms. The molecule has 2 aromatic carbocycles. The van der Waals surface area contributed by atoms with Crippen molar-refractivity contribution in [3.63, 3.8) is 0 Å². The Morgan fingerprint density at radius 1 is 1.08 bits per heavy atom. The molecule has 3 rings (SSSR count). The number of rotatable bonds is 5. The Bertz CT molecular complexity index is 941. The number of nitriles is 1. The number of para-hydroxylation sites is 2. The molecule has 0 aliphatic heterocycles. The van der Waals surface area contributed by atoms with Gasteiger partial charge in [-0.1, -0.05) is 36.4 Å². The highest BCUT2D eigenvalue weighted by Gasteiger charge is 2.19. The van der Waals surface area contributed by atoms with Crippen LogP contribution in [0.15, 0.2) is 60.8 Å². The van der Waals surface area contributed by atoms with Gasteiger partial charge in [0.15, 0.2) is 6.61 Å². The van der Waals surface area contributed by atoms with E-state index in [0.717, 1.165) is 10.9 Å². The number of aromatic nitrogens is 1. The summed E-state index contributed by atoms with van der Waals surface area (Å²) in [5, 5.41) is 9.67. The first-order valence-electron chi connectivity index (χ1n) is 7.66. The molecular weight excluding hydrogens is 318 g/mol. The fourth-order valence-electron chi connectivity index (χ4n) is 2.53. The summed E-state index contributed by atoms with van der Waals surface area (Å²) in [6.07, 6.45) is 1.56. The van der Waals surface area contributed by atoms with Crippen molar-refractivity contribution in [1.82, 2.24) is 4.98 Å². The van der Waals surface area contributed by atoms with E-state index >= 15 is 0 Å². The van der Waals surface area contributed by atoms with Gasteiger partial charge in [-0.05, 0) is 18.2 Å². The molecule has 0 saturated heterocycles. The quantitative estimate of drug-likeness (QED) is 0.574. The normalized spacial score (nSPS) is 10.2. The third-order valence-electron chi connectivity index (χ3n) is 3.73. The molecule has 0 radical (unpaired) electrons. The maximum atomic E-state index is 12.4. The Balaban J connectivity index is 1.70. The number of fused-ring (bicyclic) bond motifs is 1. The average Bonchev–Trinajstić information content (AvgIpc) is 3.09. The molecule has 1 amide bonds. The summed E-state index contributed by atoms with van der Waals surface area (Å²) < 4.78 is 5.15. The summed E-state index contributed by atoms with van der Waals surface area (Å²) in [5.74, 6) is -1.04. The summed E-state index contributed by atoms with van der Waals surface area (Å²) >= 11 is 0. The molecule has 124 valence electrons. The molecule has 3 aromatic rings. The van der Waals surface area contributed by atoms with Crippen LogP contribution in [0, 0.1) is 11.3 Å². The first-order chi connectivity index (χ1) is 12.2. The molecule has 0 aliphatic rings. The molecule has 25 heavy (non-hydrogen) atoms. The van der Waals surface area contributed by atoms with E-state index in [1.165, 1.54) is 4.90 Å². The van der Waals surface area contributed by atoms with E-state index in [-0.39, 0.29) is 6.54 Å². The summed E-state index contributed by atoms with van der Waals surface area (Å²) in [7, 11) is 0. The zero-order chi connectivity index (χ0) is 17.6. The van der Waals surface area contributed by atoms with E-state index in [1.54, 1.807) is 36.5 Å². The second kappa shape index (κ2) is 7.32. The molecule has 0 fully saturated rings. The van der Waals surface area contributed by atoms with Crippen LogP contribution in [0.5, 0.6) is 0 Å². The lowest BCUT2D eigenvalue weighted by Gasteiger charge is -2.19. The van der Waals surface area contributed by atoms with Gasteiger partial charge in [0.2, 0.25) is 0 Å². The van der Waals surface area contributed by atoms with Crippen LogP contribution in [0.1, 0.15) is 10.4 Å². The van der Waals surface area contributed by atoms with Gasteiger partial charge in [0.25, 0.3) is 5.91 Å². The van der Waals surface area contributed by atoms with Gasteiger partial charge in [-0.15, -0.1) is 0 Å². The van der Waals surface area contributed by atoms with Crippen LogP contribution in [0.2, 0.25) is 0 Å². The van der Waals surface area contributed by atoms with Gasteiger partial charge in [-0.25, -0.2) is 4.79 Å². The lowest BCUT2D eigenvalue weighted by molar-refractivity contribution is -0.121. The summed E-state index contributed by atoms with van der Waals surface area (Å²) in [5.41, 5.74) is 1.77. The maximum absolute atomic E-state index is 12.4. The first-order valence-corrected chi connectivity index (χ1v) is 7.66. The molecule has 6 heteroatoms. The molecule has 0 spiro atoms. The van der Waals surface area contributed by atoms with E-state index in [4.69, 9.17) is 10.00 Å². The number of ether oxygens (including phenoxy) is 1. The average molecular weight is 333 g/mol. The van der Waals surface area contributed by atoms with Crippen molar-refractivity contribution >= 4 is 28.5 Å². The van der Waals surface area contributed by atoms with E-state index in [1.807, 2.05) is 30.3 Å². The molecular formula is C19H15N3O3. The van der Waals surface area contributed by atoms with E-state index in [9.17, 15) is 9.59 Å². The van der Waals surface area contributed by atoms with Crippen LogP contribution >= 0.6 is 0 Å². The van der Waals surface area contributed by atoms with E-state index < -0.39 is 18.5 Å². The Morgan fingerprint density at radius 2 is 1.80 bits per heavy atom. The fourth-order valence-corrected chi connectivity index (χ4v) is 2.53. The zero-order valence-electron chi connectivity index (χ0n) is 13.3. The molecule has 0 saturated carbocycles. The smallest absolute Gasteiger partial charge is 0.340 e. The SMILES string of the molecule is N#CCN(C(=O)COC(=O)c1c[nH]c2ccccc12)c1ccccc1. The number of nitrogens with zero attached hydrogens (tertiary/aromatic N) is 2. The van der Waals surface area contributed by atoms with Crippen LogP contribution < -0.4 is 4.90 Å². The van der Waals surface area contributed by atoms with Crippen LogP contribution in [-0.2, 0) is 9.53 Å². The third kappa shape index (κ3) is 3.51. The number of hydrogen-bond donors (Lipinski definition) is 1. The number of carbonyl (C=O) groups is 2. The van der Waals surface area contributed by atoms with Crippen molar-refractivity contribution in [2.24, 2.45) is 0 Å². The van der Waals surface area contributed by atoms with Crippen LogP contribution in [0.4, 0.5) is 5.69 Å². The van der Waals surface area contributed by atoms with Crippen LogP contribution in [-0.4, -0.2) is 30.0 Å². The highest BCUT2D eigenvalue weighted by Crippen LogP contribution is 2.19. The molecule has 0 aliphatic carbocycles. The lowest BCUT2D eigenvalue weighted by atomic mass is 10.2. The molecule has 1 aromatic heterocycles. The Hall–Kier alpha value is -3.59. The number of amides is 1. The van der Waals surface area contributed by atoms with Crippen molar-refractivity contribution in [3.05, 3.63) is 66.4 Å². The molecule has 1 N–H and O–H groups in total. The summed E-state index contributed by atoms with van der Waals surface area (Å²) in [6.45, 7) is -0.553. The van der Waals surface area contributed by atoms with Crippen molar-refractivity contribution in [2.45, 2.75) is 0 Å². The van der Waals surface area contributed by atoms with Gasteiger partial charge >= 0.3 is 5.97 Å². The van der Waals surface area contributed by atoms with Gasteiger partial charge < -0.3 is 9.72 Å². The number of hydrogen-bond acceptors (Lipinski definition) is 4. The fraction of sp³-hybridized carbons (Fsp3) is 0.105. The topological polar surface area (TPSA) is 86.2 Å². The molecule has 0 atom stereocenters. The number of esters is 1. The predicted octanol–water partition coefficient (Wildman–Crippen LogP) is 2.88. The molecule has 0 unspecified atom stereocenters. The van der Waals surface area contributed by atoms with Gasteiger partial charge in [0.1, 0.15) is 6.54 Å². The van der Waals surface area contributed by atoms with Crippen molar-refractivity contribution in [3.8, 4) is 6.07 Å². The van der Waals surface area contributed by atoms with E-state index in [0.29, 0.717) is 11.3 Å². The Morgan fingerprint density at radius 3 is 2.56 bits per heavy atom. The maximum Gasteiger partial charge on any atom is 0.340 e. The van der Waals surface area contributed by atoms with Gasteiger partial charge in [0.05, 0.1) is 11.6 Å². The van der Waals surface area contributed by atoms with Crippen molar-refractivity contribution in [1.29, 1.82) is 5.26 Å². The standard InChI is InChI=1S/C19H15N3O3/c20-10-11-22(14-6-2-1-3-7-14)18(23)13-25-19(24)16-12-21-17-9-5-4-8-15(16)17/h1-9,12,21H,11,13H2. The minimum Gasteiger partial charge on any atom is -0.452 e. The number of nitrogens with one attached hydrogen (secondary N) is 1. The van der Waals surface area contributed by atoms with Gasteiger partial charge in [0, 0.05) is 22.8 Å². The zero-order valence-corrected chi connectivity index (χ0v) is 13.3. The number of anilines is 1. The summed E-state index contributed by atoms with van der Waals surface area (Å²) in [6, 6.07) is 18.1. The minimum absolute atomic E-state index is 0.118. The second-order valence-corrected chi connectivity index (χ2v) is 5.30. The first kappa shape index (κ1) is 16.3. The predicted molar refractivity (Wildman–Crippen MR) is 93.0 cm³/mol. The Kier molecular flexibility index (Phi) is 4.77. The number of benzene rings is 2. The number of aromatic amines is 1. The van der Waals surface area contributed by atoms with Gasteiger partial charge in [-0.2, -0.15) is 5.26 Å². The molecule has 6 nitrogen and oxygen atoms in total. The van der Waals surface area contributed by atoms with Crippen molar-refractivity contribution in [2.75, 3.05) is 18.1 Å². The molecule has 1 heterocycles. The number of carbonyl (C=O) groups excluding carboxylic acids is 2. The Labute approximate surface area is 144 Å². The summed E-state index contributed by atoms with van der Waals surface area (Å²) in [4.78, 5) is 28.9. The minimum atomic E-state index is -0.587.